The highest BCUT2D eigenvalue weighted by Gasteiger charge is 2.35. The number of hydrazone groups is 1. The van der Waals surface area contributed by atoms with Crippen molar-refractivity contribution in [1.82, 2.24) is 0 Å². The molecular weight excluding hydrogens is 322 g/mol. The van der Waals surface area contributed by atoms with Gasteiger partial charge in [-0.15, -0.1) is 0 Å². The highest BCUT2D eigenvalue weighted by atomic mass is 16.6. The van der Waals surface area contributed by atoms with Crippen LogP contribution in [0.15, 0.2) is 35.4 Å². The number of nitrogens with two attached hydrogens (primary N) is 1. The molecule has 2 aromatic rings. The Morgan fingerprint density at radius 1 is 0.792 bits per heavy atom. The first-order chi connectivity index (χ1) is 11.3. The van der Waals surface area contributed by atoms with E-state index in [1.807, 2.05) is 0 Å². The molecule has 11 heteroatoms. The Bertz CT molecular complexity index is 968. The summed E-state index contributed by atoms with van der Waals surface area (Å²) in [6.45, 7) is 0. The SMILES string of the molecule is N/N=C1\c2cc([N+](=O)[O-])ccc2-c2c1cc([N+](=O)[O-])cc2[N+](=O)[O-]. The molecule has 0 aromatic heterocycles. The lowest BCUT2D eigenvalue weighted by Crippen LogP contribution is -2.04. The summed E-state index contributed by atoms with van der Waals surface area (Å²) in [6.07, 6.45) is 0. The zero-order chi connectivity index (χ0) is 17.6. The number of hydrogen-bond donors (Lipinski definition) is 1. The lowest BCUT2D eigenvalue weighted by molar-refractivity contribution is -0.393. The summed E-state index contributed by atoms with van der Waals surface area (Å²) in [5.74, 6) is 5.32. The number of nitro benzene ring substituents is 3. The van der Waals surface area contributed by atoms with Crippen LogP contribution in [-0.4, -0.2) is 20.5 Å². The highest BCUT2D eigenvalue weighted by Crippen LogP contribution is 2.45. The molecule has 0 fully saturated rings. The first kappa shape index (κ1) is 15.0. The van der Waals surface area contributed by atoms with E-state index < -0.39 is 26.1 Å². The monoisotopic (exact) mass is 329 g/mol. The minimum absolute atomic E-state index is 0.0236. The number of benzene rings is 2. The zero-order valence-corrected chi connectivity index (χ0v) is 11.7. The van der Waals surface area contributed by atoms with Crippen LogP contribution in [0.4, 0.5) is 17.1 Å². The minimum atomic E-state index is -0.771. The molecular formula is C13H7N5O6. The van der Waals surface area contributed by atoms with Crippen LogP contribution >= 0.6 is 0 Å². The van der Waals surface area contributed by atoms with E-state index in [1.165, 1.54) is 18.2 Å². The van der Waals surface area contributed by atoms with E-state index in [-0.39, 0.29) is 28.1 Å². The molecule has 0 saturated heterocycles. The van der Waals surface area contributed by atoms with Gasteiger partial charge < -0.3 is 5.84 Å². The highest BCUT2D eigenvalue weighted by molar-refractivity contribution is 6.26. The van der Waals surface area contributed by atoms with Gasteiger partial charge in [0.15, 0.2) is 0 Å². The number of hydrogen-bond acceptors (Lipinski definition) is 8. The Labute approximate surface area is 132 Å². The minimum Gasteiger partial charge on any atom is -0.323 e. The Kier molecular flexibility index (Phi) is 3.18. The van der Waals surface area contributed by atoms with Gasteiger partial charge in [0, 0.05) is 29.3 Å². The molecule has 0 spiro atoms. The molecule has 1 aliphatic carbocycles. The van der Waals surface area contributed by atoms with Gasteiger partial charge in [0.05, 0.1) is 32.1 Å². The number of fused-ring (bicyclic) bond motifs is 3. The third kappa shape index (κ3) is 2.03. The summed E-state index contributed by atoms with van der Waals surface area (Å²) in [5, 5.41) is 36.8. The topological polar surface area (TPSA) is 168 Å². The summed E-state index contributed by atoms with van der Waals surface area (Å²) in [5.41, 5.74) is -0.507. The van der Waals surface area contributed by atoms with Gasteiger partial charge in [-0.1, -0.05) is 0 Å². The van der Waals surface area contributed by atoms with E-state index in [4.69, 9.17) is 5.84 Å². The maximum atomic E-state index is 11.3. The van der Waals surface area contributed by atoms with Crippen LogP contribution in [0.1, 0.15) is 11.1 Å². The van der Waals surface area contributed by atoms with Crippen molar-refractivity contribution in [1.29, 1.82) is 0 Å². The smallest absolute Gasteiger partial charge is 0.284 e. The van der Waals surface area contributed by atoms with Gasteiger partial charge in [0.25, 0.3) is 17.1 Å². The molecule has 0 saturated carbocycles. The normalized spacial score (nSPS) is 13.4. The molecule has 120 valence electrons. The molecule has 1 aliphatic rings. The largest absolute Gasteiger partial charge is 0.323 e. The molecule has 24 heavy (non-hydrogen) atoms. The molecule has 0 heterocycles. The van der Waals surface area contributed by atoms with E-state index in [0.717, 1.165) is 12.1 Å². The molecule has 0 aliphatic heterocycles. The van der Waals surface area contributed by atoms with Gasteiger partial charge in [0.1, 0.15) is 0 Å². The van der Waals surface area contributed by atoms with Crippen LogP contribution in [0, 0.1) is 30.3 Å². The predicted octanol–water partition coefficient (Wildman–Crippen LogP) is 2.10. The molecule has 0 radical (unpaired) electrons. The predicted molar refractivity (Wildman–Crippen MR) is 81.7 cm³/mol. The number of nitro groups is 3. The van der Waals surface area contributed by atoms with Gasteiger partial charge in [0.2, 0.25) is 0 Å². The fraction of sp³-hybridized carbons (Fsp3) is 0. The Morgan fingerprint density at radius 2 is 1.42 bits per heavy atom. The van der Waals surface area contributed by atoms with Crippen molar-refractivity contribution in [2.75, 3.05) is 0 Å². The summed E-state index contributed by atoms with van der Waals surface area (Å²) in [4.78, 5) is 31.1. The average molecular weight is 329 g/mol. The molecule has 11 nitrogen and oxygen atoms in total. The third-order valence-electron chi connectivity index (χ3n) is 3.63. The first-order valence-corrected chi connectivity index (χ1v) is 6.39. The van der Waals surface area contributed by atoms with Gasteiger partial charge in [-0.05, 0) is 11.6 Å². The quantitative estimate of drug-likeness (QED) is 0.435. The fourth-order valence-corrected chi connectivity index (χ4v) is 2.68. The third-order valence-corrected chi connectivity index (χ3v) is 3.63. The second kappa shape index (κ2) is 5.08. The van der Waals surface area contributed by atoms with Crippen molar-refractivity contribution < 1.29 is 14.8 Å². The fourth-order valence-electron chi connectivity index (χ4n) is 2.68. The van der Waals surface area contributed by atoms with Crippen LogP contribution in [0.2, 0.25) is 0 Å². The Balaban J connectivity index is 2.39. The lowest BCUT2D eigenvalue weighted by Gasteiger charge is -2.02. The molecule has 0 atom stereocenters. The standard InChI is InChI=1S/C13H7N5O6/c14-15-13-9-3-6(16(19)20)1-2-8(9)12-10(13)4-7(17(21)22)5-11(12)18(23)24/h1-5H,14H2/b15-13+. The number of rotatable bonds is 3. The van der Waals surface area contributed by atoms with Crippen LogP contribution < -0.4 is 5.84 Å². The summed E-state index contributed by atoms with van der Waals surface area (Å²) >= 11 is 0. The second-order valence-corrected chi connectivity index (χ2v) is 4.87. The Hall–Kier alpha value is -3.89. The van der Waals surface area contributed by atoms with E-state index in [9.17, 15) is 30.3 Å². The van der Waals surface area contributed by atoms with E-state index in [0.29, 0.717) is 5.56 Å². The Morgan fingerprint density at radius 3 is 1.96 bits per heavy atom. The van der Waals surface area contributed by atoms with Crippen molar-refractivity contribution in [3.8, 4) is 11.1 Å². The molecule has 2 aromatic carbocycles. The van der Waals surface area contributed by atoms with E-state index >= 15 is 0 Å². The van der Waals surface area contributed by atoms with Crippen LogP contribution in [0.3, 0.4) is 0 Å². The zero-order valence-electron chi connectivity index (χ0n) is 11.7. The van der Waals surface area contributed by atoms with Gasteiger partial charge in [-0.3, -0.25) is 30.3 Å². The second-order valence-electron chi connectivity index (χ2n) is 4.87. The molecule has 2 N–H and O–H groups in total. The van der Waals surface area contributed by atoms with Crippen LogP contribution in [-0.2, 0) is 0 Å². The average Bonchev–Trinajstić information content (AvgIpc) is 2.86. The summed E-state index contributed by atoms with van der Waals surface area (Å²) in [7, 11) is 0. The summed E-state index contributed by atoms with van der Waals surface area (Å²) in [6, 6.07) is 5.65. The number of nitrogens with zero attached hydrogens (tertiary/aromatic N) is 4. The van der Waals surface area contributed by atoms with Crippen molar-refractivity contribution >= 4 is 22.8 Å². The van der Waals surface area contributed by atoms with Gasteiger partial charge in [-0.25, -0.2) is 0 Å². The van der Waals surface area contributed by atoms with E-state index in [2.05, 4.69) is 5.10 Å². The van der Waals surface area contributed by atoms with Crippen LogP contribution in [0.5, 0.6) is 0 Å². The van der Waals surface area contributed by atoms with Crippen molar-refractivity contribution in [3.05, 3.63) is 71.8 Å². The molecule has 0 amide bonds. The summed E-state index contributed by atoms with van der Waals surface area (Å²) < 4.78 is 0. The molecule has 0 bridgehead atoms. The van der Waals surface area contributed by atoms with Gasteiger partial charge in [-0.2, -0.15) is 5.10 Å². The molecule has 0 unspecified atom stereocenters. The van der Waals surface area contributed by atoms with Crippen molar-refractivity contribution in [2.24, 2.45) is 10.9 Å². The maximum Gasteiger partial charge on any atom is 0.284 e. The van der Waals surface area contributed by atoms with Gasteiger partial charge >= 0.3 is 0 Å². The first-order valence-electron chi connectivity index (χ1n) is 6.39. The molecule has 3 rings (SSSR count). The maximum absolute atomic E-state index is 11.3. The van der Waals surface area contributed by atoms with Crippen molar-refractivity contribution in [3.63, 3.8) is 0 Å². The lowest BCUT2D eigenvalue weighted by atomic mass is 10.0. The van der Waals surface area contributed by atoms with Crippen molar-refractivity contribution in [2.45, 2.75) is 0 Å². The van der Waals surface area contributed by atoms with E-state index in [1.54, 1.807) is 0 Å². The van der Waals surface area contributed by atoms with Crippen LogP contribution in [0.25, 0.3) is 11.1 Å². The number of non-ortho nitro benzene ring substituents is 2.